The largest absolute Gasteiger partial charge is 0.325 e. The molecule has 0 fully saturated rings. The summed E-state index contributed by atoms with van der Waals surface area (Å²) in [5.74, 6) is 0.310. The average molecular weight is 444 g/mol. The van der Waals surface area contributed by atoms with E-state index < -0.39 is 0 Å². The minimum Gasteiger partial charge on any atom is -0.325 e. The summed E-state index contributed by atoms with van der Waals surface area (Å²) in [5, 5.41) is 14.9. The third-order valence-corrected chi connectivity index (χ3v) is 5.82. The molecule has 2 aromatic carbocycles. The Labute approximate surface area is 184 Å². The molecule has 2 amide bonds. The lowest BCUT2D eigenvalue weighted by Crippen LogP contribution is -2.17. The fourth-order valence-electron chi connectivity index (χ4n) is 2.84. The Balaban J connectivity index is 1.57. The highest BCUT2D eigenvalue weighted by atomic mass is 35.5. The maximum atomic E-state index is 12.4. The minimum atomic E-state index is -0.247. The zero-order valence-electron chi connectivity index (χ0n) is 16.9. The number of halogens is 1. The second kappa shape index (κ2) is 9.77. The first-order valence-corrected chi connectivity index (χ1v) is 10.6. The SMILES string of the molecule is Cc1cccc(C)c1NC(=O)CSc1nnc(CC(=O)Nc2ccccc2Cl)n1C. The van der Waals surface area contributed by atoms with Crippen LogP contribution < -0.4 is 10.6 Å². The summed E-state index contributed by atoms with van der Waals surface area (Å²) in [5.41, 5.74) is 3.40. The van der Waals surface area contributed by atoms with Crippen LogP contribution in [0.15, 0.2) is 47.6 Å². The van der Waals surface area contributed by atoms with Gasteiger partial charge < -0.3 is 15.2 Å². The molecule has 1 aromatic heterocycles. The summed E-state index contributed by atoms with van der Waals surface area (Å²) in [4.78, 5) is 24.7. The van der Waals surface area contributed by atoms with Crippen molar-refractivity contribution in [2.24, 2.45) is 7.05 Å². The quantitative estimate of drug-likeness (QED) is 0.539. The first-order valence-electron chi connectivity index (χ1n) is 9.26. The molecular formula is C21H22ClN5O2S. The number of thioether (sulfide) groups is 1. The molecule has 9 heteroatoms. The van der Waals surface area contributed by atoms with Crippen molar-refractivity contribution in [2.45, 2.75) is 25.4 Å². The summed E-state index contributed by atoms with van der Waals surface area (Å²) in [7, 11) is 1.77. The van der Waals surface area contributed by atoms with E-state index in [1.807, 2.05) is 32.0 Å². The second-order valence-corrected chi connectivity index (χ2v) is 8.12. The number of carbonyl (C=O) groups is 2. The van der Waals surface area contributed by atoms with Crippen molar-refractivity contribution in [3.8, 4) is 0 Å². The van der Waals surface area contributed by atoms with Crippen LogP contribution in [-0.4, -0.2) is 32.3 Å². The van der Waals surface area contributed by atoms with E-state index >= 15 is 0 Å². The molecule has 30 heavy (non-hydrogen) atoms. The van der Waals surface area contributed by atoms with E-state index in [1.54, 1.807) is 35.9 Å². The van der Waals surface area contributed by atoms with E-state index in [1.165, 1.54) is 11.8 Å². The Hall–Kier alpha value is -2.84. The van der Waals surface area contributed by atoms with Gasteiger partial charge in [0, 0.05) is 12.7 Å². The number of para-hydroxylation sites is 2. The van der Waals surface area contributed by atoms with Crippen molar-refractivity contribution in [2.75, 3.05) is 16.4 Å². The van der Waals surface area contributed by atoms with Crippen LogP contribution in [-0.2, 0) is 23.1 Å². The third kappa shape index (κ3) is 5.40. The topological polar surface area (TPSA) is 88.9 Å². The fraction of sp³-hybridized carbons (Fsp3) is 0.238. The molecule has 1 heterocycles. The van der Waals surface area contributed by atoms with Crippen molar-refractivity contribution in [1.29, 1.82) is 0 Å². The van der Waals surface area contributed by atoms with Crippen LogP contribution >= 0.6 is 23.4 Å². The molecule has 0 saturated carbocycles. The lowest BCUT2D eigenvalue weighted by atomic mass is 10.1. The van der Waals surface area contributed by atoms with Crippen LogP contribution in [0.25, 0.3) is 0 Å². The molecule has 0 unspecified atom stereocenters. The molecule has 0 aliphatic carbocycles. The van der Waals surface area contributed by atoms with E-state index in [0.29, 0.717) is 21.7 Å². The molecule has 0 aliphatic heterocycles. The van der Waals surface area contributed by atoms with Gasteiger partial charge in [-0.25, -0.2) is 0 Å². The minimum absolute atomic E-state index is 0.0455. The molecule has 0 radical (unpaired) electrons. The maximum absolute atomic E-state index is 12.4. The number of aryl methyl sites for hydroxylation is 2. The smallest absolute Gasteiger partial charge is 0.234 e. The van der Waals surface area contributed by atoms with E-state index in [9.17, 15) is 9.59 Å². The Morgan fingerprint density at radius 3 is 2.40 bits per heavy atom. The number of rotatable bonds is 7. The number of nitrogens with one attached hydrogen (secondary N) is 2. The number of carbonyl (C=O) groups excluding carboxylic acids is 2. The van der Waals surface area contributed by atoms with Gasteiger partial charge in [0.1, 0.15) is 5.82 Å². The number of hydrogen-bond acceptors (Lipinski definition) is 5. The number of amides is 2. The summed E-state index contributed by atoms with van der Waals surface area (Å²) < 4.78 is 1.71. The van der Waals surface area contributed by atoms with Gasteiger partial charge in [-0.3, -0.25) is 9.59 Å². The van der Waals surface area contributed by atoms with Crippen LogP contribution in [0.3, 0.4) is 0 Å². The summed E-state index contributed by atoms with van der Waals surface area (Å²) in [6, 6.07) is 12.9. The molecule has 0 bridgehead atoms. The lowest BCUT2D eigenvalue weighted by molar-refractivity contribution is -0.116. The third-order valence-electron chi connectivity index (χ3n) is 4.47. The summed E-state index contributed by atoms with van der Waals surface area (Å²) in [6.45, 7) is 3.91. The van der Waals surface area contributed by atoms with Gasteiger partial charge in [-0.05, 0) is 37.1 Å². The standard InChI is InChI=1S/C21H22ClN5O2S/c1-13-7-6-8-14(2)20(13)24-19(29)12-30-21-26-25-17(27(21)3)11-18(28)23-16-10-5-4-9-15(16)22/h4-10H,11-12H2,1-3H3,(H,23,28)(H,24,29). The van der Waals surface area contributed by atoms with Crippen LogP contribution in [0.5, 0.6) is 0 Å². The van der Waals surface area contributed by atoms with Gasteiger partial charge in [-0.2, -0.15) is 0 Å². The Kier molecular flexibility index (Phi) is 7.12. The highest BCUT2D eigenvalue weighted by Gasteiger charge is 2.16. The predicted octanol–water partition coefficient (Wildman–Crippen LogP) is 4.00. The first kappa shape index (κ1) is 21.9. The van der Waals surface area contributed by atoms with Gasteiger partial charge in [0.05, 0.1) is 22.9 Å². The van der Waals surface area contributed by atoms with Crippen molar-refractivity contribution >= 4 is 46.6 Å². The monoisotopic (exact) mass is 443 g/mol. The summed E-state index contributed by atoms with van der Waals surface area (Å²) in [6.07, 6.45) is 0.0455. The lowest BCUT2D eigenvalue weighted by Gasteiger charge is -2.11. The highest BCUT2D eigenvalue weighted by molar-refractivity contribution is 7.99. The second-order valence-electron chi connectivity index (χ2n) is 6.77. The van der Waals surface area contributed by atoms with Gasteiger partial charge in [-0.15, -0.1) is 10.2 Å². The van der Waals surface area contributed by atoms with Gasteiger partial charge in [-0.1, -0.05) is 53.7 Å². The van der Waals surface area contributed by atoms with Gasteiger partial charge in [0.15, 0.2) is 5.16 Å². The van der Waals surface area contributed by atoms with Crippen LogP contribution in [0.2, 0.25) is 5.02 Å². The molecule has 0 atom stereocenters. The molecule has 0 aliphatic rings. The fourth-order valence-corrected chi connectivity index (χ4v) is 3.76. The molecule has 0 saturated heterocycles. The molecule has 0 spiro atoms. The number of nitrogens with zero attached hydrogens (tertiary/aromatic N) is 3. The van der Waals surface area contributed by atoms with Crippen LogP contribution in [0, 0.1) is 13.8 Å². The van der Waals surface area contributed by atoms with Crippen molar-refractivity contribution in [1.82, 2.24) is 14.8 Å². The van der Waals surface area contributed by atoms with Crippen molar-refractivity contribution in [3.05, 3.63) is 64.4 Å². The molecular weight excluding hydrogens is 422 g/mol. The van der Waals surface area contributed by atoms with Crippen LogP contribution in [0.1, 0.15) is 17.0 Å². The molecule has 3 aromatic rings. The molecule has 2 N–H and O–H groups in total. The zero-order chi connectivity index (χ0) is 21.7. The molecule has 156 valence electrons. The molecule has 3 rings (SSSR count). The predicted molar refractivity (Wildman–Crippen MR) is 120 cm³/mol. The number of benzene rings is 2. The highest BCUT2D eigenvalue weighted by Crippen LogP contribution is 2.22. The van der Waals surface area contributed by atoms with Gasteiger partial charge in [0.25, 0.3) is 0 Å². The number of aromatic nitrogens is 3. The Morgan fingerprint density at radius 2 is 1.70 bits per heavy atom. The number of hydrogen-bond donors (Lipinski definition) is 2. The van der Waals surface area contributed by atoms with E-state index in [4.69, 9.17) is 11.6 Å². The maximum Gasteiger partial charge on any atom is 0.234 e. The Morgan fingerprint density at radius 1 is 1.00 bits per heavy atom. The van der Waals surface area contributed by atoms with E-state index in [-0.39, 0.29) is 24.0 Å². The average Bonchev–Trinajstić information content (AvgIpc) is 3.04. The zero-order valence-corrected chi connectivity index (χ0v) is 18.5. The first-order chi connectivity index (χ1) is 14.3. The van der Waals surface area contributed by atoms with E-state index in [2.05, 4.69) is 20.8 Å². The van der Waals surface area contributed by atoms with Gasteiger partial charge in [0.2, 0.25) is 11.8 Å². The van der Waals surface area contributed by atoms with Gasteiger partial charge >= 0.3 is 0 Å². The molecule has 7 nitrogen and oxygen atoms in total. The van der Waals surface area contributed by atoms with Crippen LogP contribution in [0.4, 0.5) is 11.4 Å². The van der Waals surface area contributed by atoms with Crippen molar-refractivity contribution in [3.63, 3.8) is 0 Å². The summed E-state index contributed by atoms with van der Waals surface area (Å²) >= 11 is 7.33. The normalized spacial score (nSPS) is 10.7. The van der Waals surface area contributed by atoms with E-state index in [0.717, 1.165) is 16.8 Å². The Bertz CT molecular complexity index is 1060. The van der Waals surface area contributed by atoms with Crippen molar-refractivity contribution < 1.29 is 9.59 Å². The number of anilines is 2.